The Kier molecular flexibility index (Phi) is 6.85. The topological polar surface area (TPSA) is 58.2 Å². The van der Waals surface area contributed by atoms with E-state index in [9.17, 15) is 31.5 Å². The molecule has 0 fully saturated rings. The second kappa shape index (κ2) is 9.46. The third kappa shape index (κ3) is 5.31. The highest BCUT2D eigenvalue weighted by molar-refractivity contribution is 6.08. The molecule has 3 rings (SSSR count). The van der Waals surface area contributed by atoms with Gasteiger partial charge in [-0.1, -0.05) is 18.7 Å². The van der Waals surface area contributed by atoms with E-state index in [0.29, 0.717) is 16.8 Å². The number of allylic oxidation sites excluding steroid dienone is 1. The molecule has 0 bridgehead atoms. The van der Waals surface area contributed by atoms with Crippen LogP contribution in [0.4, 0.5) is 33.3 Å². The minimum absolute atomic E-state index is 0.102. The van der Waals surface area contributed by atoms with E-state index in [1.807, 2.05) is 0 Å². The molecule has 0 aromatic heterocycles. The van der Waals surface area contributed by atoms with Gasteiger partial charge in [-0.2, -0.15) is 13.2 Å². The van der Waals surface area contributed by atoms with Gasteiger partial charge in [-0.05, 0) is 73.0 Å². The summed E-state index contributed by atoms with van der Waals surface area (Å²) < 4.78 is 66.1. The molecule has 0 atom stereocenters. The smallest absolute Gasteiger partial charge is 0.322 e. The molecule has 0 aliphatic carbocycles. The van der Waals surface area contributed by atoms with Crippen LogP contribution in [-0.2, 0) is 0 Å². The van der Waals surface area contributed by atoms with Gasteiger partial charge in [0.05, 0.1) is 11.1 Å². The Balaban J connectivity index is 1.80. The first-order chi connectivity index (χ1) is 15.9. The number of hydrogen-bond donors (Lipinski definition) is 2. The molecule has 0 saturated heterocycles. The van der Waals surface area contributed by atoms with Crippen molar-refractivity contribution in [1.29, 1.82) is 0 Å². The molecule has 0 saturated carbocycles. The van der Waals surface area contributed by atoms with Gasteiger partial charge in [-0.15, -0.1) is 0 Å². The number of aryl methyl sites for hydroxylation is 2. The Morgan fingerprint density at radius 1 is 0.824 bits per heavy atom. The summed E-state index contributed by atoms with van der Waals surface area (Å²) in [5, 5.41) is 5.06. The van der Waals surface area contributed by atoms with Crippen LogP contribution >= 0.6 is 0 Å². The van der Waals surface area contributed by atoms with Crippen molar-refractivity contribution in [1.82, 2.24) is 0 Å². The lowest BCUT2D eigenvalue weighted by Crippen LogP contribution is -2.17. The molecule has 4 nitrogen and oxygen atoms in total. The molecular weight excluding hydrogens is 455 g/mol. The summed E-state index contributed by atoms with van der Waals surface area (Å²) in [5.74, 6) is -3.95. The van der Waals surface area contributed by atoms with E-state index in [0.717, 1.165) is 12.1 Å². The van der Waals surface area contributed by atoms with Crippen molar-refractivity contribution in [2.45, 2.75) is 20.0 Å². The zero-order chi connectivity index (χ0) is 25.2. The van der Waals surface area contributed by atoms with Crippen molar-refractivity contribution in [2.75, 3.05) is 10.6 Å². The van der Waals surface area contributed by atoms with Gasteiger partial charge in [0, 0.05) is 16.9 Å². The third-order valence-electron chi connectivity index (χ3n) is 5.04. The van der Waals surface area contributed by atoms with Gasteiger partial charge in [0.25, 0.3) is 11.8 Å². The Morgan fingerprint density at radius 2 is 1.44 bits per heavy atom. The summed E-state index contributed by atoms with van der Waals surface area (Å²) in [6.45, 7) is 6.20. The number of amides is 2. The largest absolute Gasteiger partial charge is 0.416 e. The fraction of sp³-hybridized carbons (Fsp3) is 0.120. The number of nitrogens with one attached hydrogen (secondary N) is 2. The maximum absolute atomic E-state index is 13.9. The Labute approximate surface area is 192 Å². The Hall–Kier alpha value is -4.01. The van der Waals surface area contributed by atoms with Crippen molar-refractivity contribution >= 4 is 28.8 Å². The first-order valence-corrected chi connectivity index (χ1v) is 9.93. The van der Waals surface area contributed by atoms with Gasteiger partial charge in [0.2, 0.25) is 0 Å². The first-order valence-electron chi connectivity index (χ1n) is 9.93. The maximum Gasteiger partial charge on any atom is 0.416 e. The number of hydrogen-bond acceptors (Lipinski definition) is 2. The molecular formula is C25H19F5N2O2. The van der Waals surface area contributed by atoms with Crippen LogP contribution in [0.5, 0.6) is 0 Å². The zero-order valence-corrected chi connectivity index (χ0v) is 18.1. The summed E-state index contributed by atoms with van der Waals surface area (Å²) in [7, 11) is 0. The van der Waals surface area contributed by atoms with Crippen molar-refractivity contribution in [2.24, 2.45) is 0 Å². The maximum atomic E-state index is 13.9. The molecule has 34 heavy (non-hydrogen) atoms. The van der Waals surface area contributed by atoms with Crippen LogP contribution in [0.3, 0.4) is 0 Å². The summed E-state index contributed by atoms with van der Waals surface area (Å²) in [6, 6.07) is 11.5. The van der Waals surface area contributed by atoms with Crippen LogP contribution in [0.1, 0.15) is 37.4 Å². The van der Waals surface area contributed by atoms with Gasteiger partial charge in [0.15, 0.2) is 11.6 Å². The number of anilines is 2. The van der Waals surface area contributed by atoms with E-state index in [4.69, 9.17) is 0 Å². The number of alkyl halides is 3. The standard InChI is InChI=1S/C25H19F5N2O2/c1-13-10-17(15(3)25(28,29)30)11-14(2)22(13)32-23(33)16-6-4-7-18(12-16)31-24(34)19-8-5-9-20(26)21(19)27/h4-12H,3H2,1-2H3,(H,31,34)(H,32,33). The minimum Gasteiger partial charge on any atom is -0.322 e. The molecule has 0 radical (unpaired) electrons. The average Bonchev–Trinajstić information content (AvgIpc) is 2.76. The second-order valence-electron chi connectivity index (χ2n) is 7.55. The van der Waals surface area contributed by atoms with Crippen LogP contribution in [0.15, 0.2) is 61.2 Å². The van der Waals surface area contributed by atoms with Gasteiger partial charge >= 0.3 is 6.18 Å². The molecule has 0 unspecified atom stereocenters. The Morgan fingerprint density at radius 3 is 2.06 bits per heavy atom. The molecule has 0 aliphatic rings. The van der Waals surface area contributed by atoms with Crippen LogP contribution < -0.4 is 10.6 Å². The number of carbonyl (C=O) groups is 2. The summed E-state index contributed by atoms with van der Waals surface area (Å²) in [6.07, 6.45) is -4.58. The van der Waals surface area contributed by atoms with E-state index in [-0.39, 0.29) is 16.8 Å². The van der Waals surface area contributed by atoms with Crippen molar-refractivity contribution < 1.29 is 31.5 Å². The van der Waals surface area contributed by atoms with E-state index in [2.05, 4.69) is 17.2 Å². The number of carbonyl (C=O) groups excluding carboxylic acids is 2. The number of halogens is 5. The SMILES string of the molecule is C=C(c1cc(C)c(NC(=O)c2cccc(NC(=O)c3cccc(F)c3F)c2)c(C)c1)C(F)(F)F. The summed E-state index contributed by atoms with van der Waals surface area (Å²) in [5.41, 5.74) is -0.169. The quantitative estimate of drug-likeness (QED) is 0.406. The molecule has 2 amide bonds. The predicted octanol–water partition coefficient (Wildman–Crippen LogP) is 6.66. The zero-order valence-electron chi connectivity index (χ0n) is 18.1. The highest BCUT2D eigenvalue weighted by Crippen LogP contribution is 2.35. The number of benzene rings is 3. The predicted molar refractivity (Wildman–Crippen MR) is 120 cm³/mol. The second-order valence-corrected chi connectivity index (χ2v) is 7.55. The van der Waals surface area contributed by atoms with E-state index < -0.39 is 40.8 Å². The summed E-state index contributed by atoms with van der Waals surface area (Å²) in [4.78, 5) is 25.1. The molecule has 2 N–H and O–H groups in total. The lowest BCUT2D eigenvalue weighted by Gasteiger charge is -2.16. The van der Waals surface area contributed by atoms with Gasteiger partial charge in [-0.3, -0.25) is 9.59 Å². The number of rotatable bonds is 5. The lowest BCUT2D eigenvalue weighted by molar-refractivity contribution is -0.0686. The van der Waals surface area contributed by atoms with Crippen molar-refractivity contribution in [3.63, 3.8) is 0 Å². The minimum atomic E-state index is -4.58. The molecule has 3 aromatic carbocycles. The van der Waals surface area contributed by atoms with E-state index in [1.54, 1.807) is 13.8 Å². The molecule has 0 spiro atoms. The summed E-state index contributed by atoms with van der Waals surface area (Å²) >= 11 is 0. The first kappa shape index (κ1) is 24.6. The van der Waals surface area contributed by atoms with Crippen molar-refractivity contribution in [3.8, 4) is 0 Å². The van der Waals surface area contributed by atoms with Gasteiger partial charge < -0.3 is 10.6 Å². The third-order valence-corrected chi connectivity index (χ3v) is 5.04. The van der Waals surface area contributed by atoms with Crippen LogP contribution in [0.25, 0.3) is 5.57 Å². The normalized spacial score (nSPS) is 11.1. The molecule has 0 aliphatic heterocycles. The monoisotopic (exact) mass is 474 g/mol. The fourth-order valence-electron chi connectivity index (χ4n) is 3.30. The molecule has 176 valence electrons. The van der Waals surface area contributed by atoms with Crippen LogP contribution in [-0.4, -0.2) is 18.0 Å². The van der Waals surface area contributed by atoms with Gasteiger partial charge in [-0.25, -0.2) is 8.78 Å². The molecule has 0 heterocycles. The fourth-order valence-corrected chi connectivity index (χ4v) is 3.30. The van der Waals surface area contributed by atoms with Crippen LogP contribution in [0, 0.1) is 25.5 Å². The highest BCUT2D eigenvalue weighted by atomic mass is 19.4. The Bertz CT molecular complexity index is 1280. The van der Waals surface area contributed by atoms with E-state index >= 15 is 0 Å². The molecule has 3 aromatic rings. The molecule has 9 heteroatoms. The van der Waals surface area contributed by atoms with Crippen LogP contribution in [0.2, 0.25) is 0 Å². The highest BCUT2D eigenvalue weighted by Gasteiger charge is 2.33. The average molecular weight is 474 g/mol. The van der Waals surface area contributed by atoms with Crippen molar-refractivity contribution in [3.05, 3.63) is 101 Å². The lowest BCUT2D eigenvalue weighted by atomic mass is 9.99. The van der Waals surface area contributed by atoms with E-state index in [1.165, 1.54) is 42.5 Å². The van der Waals surface area contributed by atoms with Gasteiger partial charge in [0.1, 0.15) is 0 Å².